The number of benzene rings is 1. The molecule has 1 unspecified atom stereocenters. The topological polar surface area (TPSA) is 75.0 Å². The van der Waals surface area contributed by atoms with Crippen molar-refractivity contribution in [3.05, 3.63) is 57.8 Å². The highest BCUT2D eigenvalue weighted by atomic mass is 16.4. The van der Waals surface area contributed by atoms with Gasteiger partial charge in [-0.1, -0.05) is 12.1 Å². The molecule has 1 atom stereocenters. The van der Waals surface area contributed by atoms with E-state index in [1.54, 1.807) is 0 Å². The number of hydrogen-bond donors (Lipinski definition) is 1. The summed E-state index contributed by atoms with van der Waals surface area (Å²) in [5.41, 5.74) is 1.83. The van der Waals surface area contributed by atoms with Crippen LogP contribution < -0.4 is 5.56 Å². The Morgan fingerprint density at radius 1 is 1.15 bits per heavy atom. The predicted molar refractivity (Wildman–Crippen MR) is 97.9 cm³/mol. The van der Waals surface area contributed by atoms with Crippen LogP contribution in [0.5, 0.6) is 0 Å². The molecule has 1 aliphatic carbocycles. The van der Waals surface area contributed by atoms with Crippen LogP contribution in [0.25, 0.3) is 10.9 Å². The van der Waals surface area contributed by atoms with Crippen LogP contribution in [0.1, 0.15) is 54.9 Å². The maximum Gasteiger partial charge on any atom is 0.258 e. The quantitative estimate of drug-likeness (QED) is 0.785. The number of hydrogen-bond acceptors (Lipinski definition) is 5. The fraction of sp³-hybridized carbons (Fsp3) is 0.450. The summed E-state index contributed by atoms with van der Waals surface area (Å²) in [6, 6.07) is 7.61. The molecule has 26 heavy (non-hydrogen) atoms. The van der Waals surface area contributed by atoms with Gasteiger partial charge in [-0.05, 0) is 50.8 Å². The number of likely N-dealkylation sites (tertiary alicyclic amines) is 1. The summed E-state index contributed by atoms with van der Waals surface area (Å²) in [6.07, 6.45) is 6.50. The van der Waals surface area contributed by atoms with E-state index in [9.17, 15) is 4.79 Å². The van der Waals surface area contributed by atoms with Gasteiger partial charge in [-0.25, -0.2) is 9.97 Å². The lowest BCUT2D eigenvalue weighted by molar-refractivity contribution is 0.214. The van der Waals surface area contributed by atoms with E-state index in [-0.39, 0.29) is 11.6 Å². The van der Waals surface area contributed by atoms with Crippen molar-refractivity contribution in [2.24, 2.45) is 0 Å². The van der Waals surface area contributed by atoms with Gasteiger partial charge >= 0.3 is 0 Å². The van der Waals surface area contributed by atoms with Crippen molar-refractivity contribution in [2.45, 2.75) is 51.1 Å². The lowest BCUT2D eigenvalue weighted by atomic mass is 10.0. The maximum absolute atomic E-state index is 12.4. The van der Waals surface area contributed by atoms with E-state index in [0.717, 1.165) is 60.9 Å². The zero-order valence-corrected chi connectivity index (χ0v) is 14.7. The lowest BCUT2D eigenvalue weighted by Crippen LogP contribution is -2.26. The third-order valence-electron chi connectivity index (χ3n) is 5.54. The molecule has 134 valence electrons. The first-order chi connectivity index (χ1) is 12.8. The summed E-state index contributed by atoms with van der Waals surface area (Å²) in [7, 11) is 0. The Kier molecular flexibility index (Phi) is 3.85. The molecule has 1 aliphatic heterocycles. The van der Waals surface area contributed by atoms with E-state index < -0.39 is 0 Å². The average molecular weight is 350 g/mol. The van der Waals surface area contributed by atoms with Crippen LogP contribution in [0.2, 0.25) is 0 Å². The summed E-state index contributed by atoms with van der Waals surface area (Å²) in [5, 5.41) is 0.640. The molecule has 0 saturated carbocycles. The normalized spacial score (nSPS) is 20.5. The fourth-order valence-electron chi connectivity index (χ4n) is 4.23. The largest absolute Gasteiger partial charge is 0.444 e. The van der Waals surface area contributed by atoms with Gasteiger partial charge in [0.15, 0.2) is 0 Å². The Bertz CT molecular complexity index is 983. The molecule has 1 fully saturated rings. The van der Waals surface area contributed by atoms with Crippen LogP contribution in [0.15, 0.2) is 33.5 Å². The molecular formula is C20H22N4O2. The second kappa shape index (κ2) is 6.36. The number of aryl methyl sites for hydroxylation is 2. The zero-order chi connectivity index (χ0) is 17.5. The highest BCUT2D eigenvalue weighted by molar-refractivity contribution is 5.77. The van der Waals surface area contributed by atoms with E-state index >= 15 is 0 Å². The molecule has 0 radical (unpaired) electrons. The second-order valence-electron chi connectivity index (χ2n) is 7.28. The monoisotopic (exact) mass is 350 g/mol. The van der Waals surface area contributed by atoms with Gasteiger partial charge in [0.05, 0.1) is 29.2 Å². The summed E-state index contributed by atoms with van der Waals surface area (Å²) < 4.78 is 6.00. The van der Waals surface area contributed by atoms with Gasteiger partial charge in [-0.2, -0.15) is 0 Å². The SMILES string of the molecule is O=c1[nH]c(C2CCCN2Cc2nc3c(o2)CCCC3)nc2ccccc12. The summed E-state index contributed by atoms with van der Waals surface area (Å²) in [5.74, 6) is 2.62. The van der Waals surface area contributed by atoms with Gasteiger partial charge in [0.1, 0.15) is 11.6 Å². The fourth-order valence-corrected chi connectivity index (χ4v) is 4.23. The summed E-state index contributed by atoms with van der Waals surface area (Å²) in [4.78, 5) is 27.2. The number of nitrogens with zero attached hydrogens (tertiary/aromatic N) is 3. The minimum atomic E-state index is -0.0657. The van der Waals surface area contributed by atoms with E-state index in [1.165, 1.54) is 12.8 Å². The van der Waals surface area contributed by atoms with Crippen molar-refractivity contribution in [1.29, 1.82) is 0 Å². The molecule has 5 rings (SSSR count). The maximum atomic E-state index is 12.4. The van der Waals surface area contributed by atoms with E-state index in [1.807, 2.05) is 24.3 Å². The standard InChI is InChI=1S/C20H22N4O2/c25-20-13-6-1-2-7-14(13)22-19(23-20)16-9-5-11-24(16)12-18-21-15-8-3-4-10-17(15)26-18/h1-2,6-7,16H,3-5,8-12H2,(H,22,23,25). The summed E-state index contributed by atoms with van der Waals surface area (Å²) in [6.45, 7) is 1.64. The molecule has 0 bridgehead atoms. The van der Waals surface area contributed by atoms with Gasteiger partial charge in [0.25, 0.3) is 5.56 Å². The van der Waals surface area contributed by atoms with Crippen LogP contribution in [0.4, 0.5) is 0 Å². The molecule has 1 aromatic carbocycles. The van der Waals surface area contributed by atoms with Crippen molar-refractivity contribution in [3.8, 4) is 0 Å². The number of rotatable bonds is 3. The molecular weight excluding hydrogens is 328 g/mol. The molecule has 1 N–H and O–H groups in total. The van der Waals surface area contributed by atoms with E-state index in [2.05, 4.69) is 9.88 Å². The van der Waals surface area contributed by atoms with Gasteiger partial charge in [-0.3, -0.25) is 9.69 Å². The van der Waals surface area contributed by atoms with Crippen molar-refractivity contribution < 1.29 is 4.42 Å². The highest BCUT2D eigenvalue weighted by Gasteiger charge is 2.30. The Balaban J connectivity index is 1.44. The highest BCUT2D eigenvalue weighted by Crippen LogP contribution is 2.32. The van der Waals surface area contributed by atoms with Crippen LogP contribution in [0.3, 0.4) is 0 Å². The predicted octanol–water partition coefficient (Wildman–Crippen LogP) is 3.13. The van der Waals surface area contributed by atoms with E-state index in [0.29, 0.717) is 11.9 Å². The van der Waals surface area contributed by atoms with Crippen LogP contribution in [-0.2, 0) is 19.4 Å². The smallest absolute Gasteiger partial charge is 0.258 e. The molecule has 2 aliphatic rings. The number of para-hydroxylation sites is 1. The van der Waals surface area contributed by atoms with Crippen LogP contribution in [0, 0.1) is 0 Å². The molecule has 0 amide bonds. The Labute approximate surface area is 151 Å². The molecule has 6 heteroatoms. The van der Waals surface area contributed by atoms with Crippen molar-refractivity contribution >= 4 is 10.9 Å². The number of aromatic amines is 1. The minimum Gasteiger partial charge on any atom is -0.444 e. The summed E-state index contributed by atoms with van der Waals surface area (Å²) >= 11 is 0. The average Bonchev–Trinajstić information content (AvgIpc) is 3.28. The van der Waals surface area contributed by atoms with Gasteiger partial charge in [0.2, 0.25) is 5.89 Å². The Morgan fingerprint density at radius 3 is 2.96 bits per heavy atom. The first-order valence-electron chi connectivity index (χ1n) is 9.48. The zero-order valence-electron chi connectivity index (χ0n) is 14.7. The number of oxazole rings is 1. The minimum absolute atomic E-state index is 0.0657. The van der Waals surface area contributed by atoms with Crippen LogP contribution in [-0.4, -0.2) is 26.4 Å². The lowest BCUT2D eigenvalue weighted by Gasteiger charge is -2.22. The van der Waals surface area contributed by atoms with E-state index in [4.69, 9.17) is 14.4 Å². The molecule has 0 spiro atoms. The third kappa shape index (κ3) is 2.74. The van der Waals surface area contributed by atoms with Crippen molar-refractivity contribution in [3.63, 3.8) is 0 Å². The van der Waals surface area contributed by atoms with Gasteiger partial charge in [0, 0.05) is 6.42 Å². The molecule has 6 nitrogen and oxygen atoms in total. The third-order valence-corrected chi connectivity index (χ3v) is 5.54. The molecule has 3 aromatic rings. The number of nitrogens with one attached hydrogen (secondary N) is 1. The van der Waals surface area contributed by atoms with Crippen molar-refractivity contribution in [2.75, 3.05) is 6.54 Å². The second-order valence-corrected chi connectivity index (χ2v) is 7.28. The molecule has 2 aromatic heterocycles. The first kappa shape index (κ1) is 15.8. The number of H-pyrrole nitrogens is 1. The molecule has 1 saturated heterocycles. The number of aromatic nitrogens is 3. The van der Waals surface area contributed by atoms with Gasteiger partial charge in [-0.15, -0.1) is 0 Å². The van der Waals surface area contributed by atoms with Crippen LogP contribution >= 0.6 is 0 Å². The first-order valence-corrected chi connectivity index (χ1v) is 9.48. The van der Waals surface area contributed by atoms with Gasteiger partial charge < -0.3 is 9.40 Å². The Morgan fingerprint density at radius 2 is 2.04 bits per heavy atom. The number of fused-ring (bicyclic) bond motifs is 2. The Hall–Kier alpha value is -2.47. The molecule has 3 heterocycles. The van der Waals surface area contributed by atoms with Crippen molar-refractivity contribution in [1.82, 2.24) is 19.9 Å².